The van der Waals surface area contributed by atoms with E-state index in [9.17, 15) is 14.7 Å². The molecular formula is C27H29NO5. The van der Waals surface area contributed by atoms with Crippen molar-refractivity contribution in [2.75, 3.05) is 7.11 Å². The van der Waals surface area contributed by atoms with Gasteiger partial charge in [-0.3, -0.25) is 4.79 Å². The summed E-state index contributed by atoms with van der Waals surface area (Å²) in [5.74, 6) is -0.248. The maximum atomic E-state index is 13.0. The number of carbonyl (C=O) groups excluding carboxylic acids is 1. The highest BCUT2D eigenvalue weighted by atomic mass is 16.5. The lowest BCUT2D eigenvalue weighted by Crippen LogP contribution is -2.37. The molecule has 0 saturated heterocycles. The molecule has 0 aliphatic carbocycles. The molecule has 3 rings (SSSR count). The predicted molar refractivity (Wildman–Crippen MR) is 128 cm³/mol. The van der Waals surface area contributed by atoms with Crippen molar-refractivity contribution in [3.63, 3.8) is 0 Å². The SMILES string of the molecule is COc1ccc(-c2ccccc2)cc1C(=O)NC(C)Cc1ccc(OC(C)(C)C(=O)O)cc1. The van der Waals surface area contributed by atoms with Gasteiger partial charge in [-0.05, 0) is 68.1 Å². The van der Waals surface area contributed by atoms with Crippen LogP contribution in [0.1, 0.15) is 36.7 Å². The zero-order valence-corrected chi connectivity index (χ0v) is 19.3. The van der Waals surface area contributed by atoms with E-state index in [4.69, 9.17) is 9.47 Å². The molecule has 172 valence electrons. The molecule has 6 nitrogen and oxygen atoms in total. The Hall–Kier alpha value is -3.80. The van der Waals surface area contributed by atoms with Gasteiger partial charge in [0.2, 0.25) is 0 Å². The summed E-state index contributed by atoms with van der Waals surface area (Å²) in [6, 6.07) is 22.5. The Morgan fingerprint density at radius 3 is 2.24 bits per heavy atom. The van der Waals surface area contributed by atoms with E-state index in [1.165, 1.54) is 13.8 Å². The van der Waals surface area contributed by atoms with Crippen molar-refractivity contribution in [2.45, 2.75) is 38.8 Å². The Morgan fingerprint density at radius 2 is 1.64 bits per heavy atom. The van der Waals surface area contributed by atoms with Crippen LogP contribution in [0.3, 0.4) is 0 Å². The third-order valence-corrected chi connectivity index (χ3v) is 5.28. The normalized spacial score (nSPS) is 12.0. The van der Waals surface area contributed by atoms with Crippen LogP contribution >= 0.6 is 0 Å². The zero-order chi connectivity index (χ0) is 24.0. The third kappa shape index (κ3) is 6.13. The van der Waals surface area contributed by atoms with Crippen LogP contribution in [0.2, 0.25) is 0 Å². The van der Waals surface area contributed by atoms with Crippen molar-refractivity contribution >= 4 is 11.9 Å². The number of benzene rings is 3. The number of hydrogen-bond acceptors (Lipinski definition) is 4. The van der Waals surface area contributed by atoms with Gasteiger partial charge in [0.25, 0.3) is 5.91 Å². The van der Waals surface area contributed by atoms with Crippen molar-refractivity contribution in [2.24, 2.45) is 0 Å². The van der Waals surface area contributed by atoms with E-state index in [0.29, 0.717) is 23.5 Å². The van der Waals surface area contributed by atoms with Crippen LogP contribution in [0.5, 0.6) is 11.5 Å². The van der Waals surface area contributed by atoms with E-state index in [-0.39, 0.29) is 11.9 Å². The number of ether oxygens (including phenoxy) is 2. The molecule has 1 atom stereocenters. The second kappa shape index (κ2) is 10.2. The maximum absolute atomic E-state index is 13.0. The van der Waals surface area contributed by atoms with Gasteiger partial charge < -0.3 is 19.9 Å². The first-order chi connectivity index (χ1) is 15.7. The molecule has 0 aliphatic rings. The number of amides is 1. The smallest absolute Gasteiger partial charge is 0.347 e. The van der Waals surface area contributed by atoms with Crippen LogP contribution in [0.4, 0.5) is 0 Å². The minimum absolute atomic E-state index is 0.134. The number of nitrogens with one attached hydrogen (secondary N) is 1. The van der Waals surface area contributed by atoms with Crippen LogP contribution in [0.15, 0.2) is 72.8 Å². The van der Waals surface area contributed by atoms with Crippen LogP contribution in [0.25, 0.3) is 11.1 Å². The van der Waals surface area contributed by atoms with E-state index in [0.717, 1.165) is 16.7 Å². The molecule has 0 bridgehead atoms. The molecule has 3 aromatic rings. The average molecular weight is 448 g/mol. The van der Waals surface area contributed by atoms with Gasteiger partial charge in [0.15, 0.2) is 5.60 Å². The molecule has 1 unspecified atom stereocenters. The summed E-state index contributed by atoms with van der Waals surface area (Å²) in [5.41, 5.74) is 2.12. The van der Waals surface area contributed by atoms with E-state index in [1.807, 2.05) is 61.5 Å². The topological polar surface area (TPSA) is 84.9 Å². The quantitative estimate of drug-likeness (QED) is 0.484. The lowest BCUT2D eigenvalue weighted by atomic mass is 10.0. The number of carboxylic acid groups (broad SMARTS) is 1. The van der Waals surface area contributed by atoms with Gasteiger partial charge in [0, 0.05) is 6.04 Å². The Bertz CT molecular complexity index is 1110. The molecule has 0 fully saturated rings. The van der Waals surface area contributed by atoms with Gasteiger partial charge in [0.1, 0.15) is 11.5 Å². The first-order valence-corrected chi connectivity index (χ1v) is 10.8. The van der Waals surface area contributed by atoms with Crippen LogP contribution in [0, 0.1) is 0 Å². The van der Waals surface area contributed by atoms with E-state index >= 15 is 0 Å². The number of aliphatic carboxylic acids is 1. The summed E-state index contributed by atoms with van der Waals surface area (Å²) >= 11 is 0. The number of carboxylic acids is 1. The van der Waals surface area contributed by atoms with Crippen LogP contribution in [-0.4, -0.2) is 35.7 Å². The summed E-state index contributed by atoms with van der Waals surface area (Å²) < 4.78 is 10.9. The molecule has 0 spiro atoms. The van der Waals surface area contributed by atoms with Gasteiger partial charge in [-0.2, -0.15) is 0 Å². The molecular weight excluding hydrogens is 418 g/mol. The number of carbonyl (C=O) groups is 2. The van der Waals surface area contributed by atoms with Crippen molar-refractivity contribution in [1.82, 2.24) is 5.32 Å². The number of rotatable bonds is 9. The molecule has 0 saturated carbocycles. The van der Waals surface area contributed by atoms with Crippen molar-refractivity contribution < 1.29 is 24.2 Å². The number of methoxy groups -OCH3 is 1. The fourth-order valence-corrected chi connectivity index (χ4v) is 3.43. The molecule has 1 amide bonds. The first kappa shape index (κ1) is 23.9. The van der Waals surface area contributed by atoms with Crippen LogP contribution < -0.4 is 14.8 Å². The average Bonchev–Trinajstić information content (AvgIpc) is 2.80. The standard InChI is InChI=1S/C27H29NO5/c1-18(16-19-10-13-22(14-11-19)33-27(2,3)26(30)31)28-25(29)23-17-21(12-15-24(23)32-4)20-8-6-5-7-9-20/h5-15,17-18H,16H2,1-4H3,(H,28,29)(H,30,31). The second-order valence-electron chi connectivity index (χ2n) is 8.42. The molecule has 3 aromatic carbocycles. The van der Waals surface area contributed by atoms with Gasteiger partial charge in [0.05, 0.1) is 12.7 Å². The van der Waals surface area contributed by atoms with E-state index in [1.54, 1.807) is 25.3 Å². The highest BCUT2D eigenvalue weighted by Gasteiger charge is 2.29. The highest BCUT2D eigenvalue weighted by molar-refractivity contribution is 5.98. The summed E-state index contributed by atoms with van der Waals surface area (Å²) in [7, 11) is 1.55. The fourth-order valence-electron chi connectivity index (χ4n) is 3.43. The fraction of sp³-hybridized carbons (Fsp3) is 0.259. The molecule has 0 aromatic heterocycles. The Labute approximate surface area is 194 Å². The predicted octanol–water partition coefficient (Wildman–Crippen LogP) is 4.97. The minimum atomic E-state index is -1.31. The second-order valence-corrected chi connectivity index (χ2v) is 8.42. The molecule has 0 aliphatic heterocycles. The molecule has 6 heteroatoms. The number of hydrogen-bond donors (Lipinski definition) is 2. The summed E-state index contributed by atoms with van der Waals surface area (Å²) in [4.78, 5) is 24.2. The zero-order valence-electron chi connectivity index (χ0n) is 19.3. The van der Waals surface area contributed by atoms with Gasteiger partial charge >= 0.3 is 5.97 Å². The lowest BCUT2D eigenvalue weighted by molar-refractivity contribution is -0.152. The van der Waals surface area contributed by atoms with Crippen molar-refractivity contribution in [1.29, 1.82) is 0 Å². The largest absolute Gasteiger partial charge is 0.496 e. The molecule has 0 heterocycles. The summed E-state index contributed by atoms with van der Waals surface area (Å²) in [6.45, 7) is 4.94. The van der Waals surface area contributed by atoms with Crippen molar-refractivity contribution in [3.8, 4) is 22.6 Å². The van der Waals surface area contributed by atoms with Crippen LogP contribution in [-0.2, 0) is 11.2 Å². The third-order valence-electron chi connectivity index (χ3n) is 5.28. The Kier molecular flexibility index (Phi) is 7.38. The van der Waals surface area contributed by atoms with E-state index in [2.05, 4.69) is 5.32 Å². The first-order valence-electron chi connectivity index (χ1n) is 10.8. The van der Waals surface area contributed by atoms with Gasteiger partial charge in [-0.25, -0.2) is 4.79 Å². The Morgan fingerprint density at radius 1 is 0.970 bits per heavy atom. The summed E-state index contributed by atoms with van der Waals surface area (Å²) in [5, 5.41) is 12.2. The van der Waals surface area contributed by atoms with Gasteiger partial charge in [-0.15, -0.1) is 0 Å². The molecule has 0 radical (unpaired) electrons. The highest BCUT2D eigenvalue weighted by Crippen LogP contribution is 2.27. The Balaban J connectivity index is 1.68. The molecule has 33 heavy (non-hydrogen) atoms. The van der Waals surface area contributed by atoms with Gasteiger partial charge in [-0.1, -0.05) is 48.5 Å². The van der Waals surface area contributed by atoms with E-state index < -0.39 is 11.6 Å². The maximum Gasteiger partial charge on any atom is 0.347 e. The summed E-state index contributed by atoms with van der Waals surface area (Å²) in [6.07, 6.45) is 0.606. The monoisotopic (exact) mass is 447 g/mol. The minimum Gasteiger partial charge on any atom is -0.496 e. The lowest BCUT2D eigenvalue weighted by Gasteiger charge is -2.21. The molecule has 2 N–H and O–H groups in total. The van der Waals surface area contributed by atoms with Crippen molar-refractivity contribution in [3.05, 3.63) is 83.9 Å².